The lowest BCUT2D eigenvalue weighted by molar-refractivity contribution is 0.0998. The molecule has 0 unspecified atom stereocenters. The van der Waals surface area contributed by atoms with E-state index >= 15 is 0 Å². The van der Waals surface area contributed by atoms with Gasteiger partial charge in [0.25, 0.3) is 11.5 Å². The zero-order valence-corrected chi connectivity index (χ0v) is 11.5. The van der Waals surface area contributed by atoms with E-state index in [0.717, 1.165) is 0 Å². The van der Waals surface area contributed by atoms with Crippen LogP contribution in [0.1, 0.15) is 10.4 Å². The lowest BCUT2D eigenvalue weighted by Crippen LogP contribution is -2.30. The summed E-state index contributed by atoms with van der Waals surface area (Å²) >= 11 is 0. The number of nitrogens with two attached hydrogens (primary N) is 1. The maximum atomic E-state index is 12.6. The van der Waals surface area contributed by atoms with Gasteiger partial charge in [-0.2, -0.15) is 0 Å². The van der Waals surface area contributed by atoms with Crippen molar-refractivity contribution in [3.63, 3.8) is 0 Å². The number of carbonyl (C=O) groups excluding carboxylic acids is 1. The van der Waals surface area contributed by atoms with Crippen molar-refractivity contribution in [2.45, 2.75) is 0 Å². The zero-order chi connectivity index (χ0) is 15.5. The van der Waals surface area contributed by atoms with Crippen LogP contribution in [0, 0.1) is 0 Å². The monoisotopic (exact) mass is 292 g/mol. The maximum Gasteiger partial charge on any atom is 0.271 e. The average Bonchev–Trinajstić information content (AvgIpc) is 2.55. The molecule has 2 aromatic heterocycles. The normalized spacial score (nSPS) is 10.4. The number of hydrogen-bond donors (Lipinski definition) is 1. The number of amides is 1. The molecule has 3 rings (SSSR count). The molecule has 0 saturated carbocycles. The summed E-state index contributed by atoms with van der Waals surface area (Å²) in [5.74, 6) is -0.408. The first kappa shape index (κ1) is 13.7. The highest BCUT2D eigenvalue weighted by molar-refractivity contribution is 5.92. The number of pyridine rings is 1. The predicted octanol–water partition coefficient (Wildman–Crippen LogP) is 1.39. The first-order chi connectivity index (χ1) is 10.7. The third-order valence-corrected chi connectivity index (χ3v) is 3.16. The van der Waals surface area contributed by atoms with Crippen LogP contribution in [-0.4, -0.2) is 20.4 Å². The Morgan fingerprint density at radius 3 is 2.45 bits per heavy atom. The van der Waals surface area contributed by atoms with Gasteiger partial charge in [-0.05, 0) is 24.3 Å². The molecule has 6 nitrogen and oxygen atoms in total. The minimum absolute atomic E-state index is 0.156. The number of benzene rings is 1. The van der Waals surface area contributed by atoms with Crippen molar-refractivity contribution in [1.29, 1.82) is 0 Å². The standard InChI is InChI=1S/C16H12N4O2/c17-14(21)13-10-19-15(11-5-4-8-18-9-11)20(16(13)22)12-6-2-1-3-7-12/h1-10H,(H2,17,21). The van der Waals surface area contributed by atoms with Crippen LogP contribution < -0.4 is 11.3 Å². The van der Waals surface area contributed by atoms with E-state index in [0.29, 0.717) is 17.1 Å². The summed E-state index contributed by atoms with van der Waals surface area (Å²) in [6, 6.07) is 12.5. The van der Waals surface area contributed by atoms with Gasteiger partial charge in [0.05, 0.1) is 5.69 Å². The van der Waals surface area contributed by atoms with E-state index < -0.39 is 11.5 Å². The molecule has 0 aliphatic carbocycles. The number of carbonyl (C=O) groups is 1. The molecule has 2 N–H and O–H groups in total. The van der Waals surface area contributed by atoms with Crippen LogP contribution in [-0.2, 0) is 0 Å². The van der Waals surface area contributed by atoms with Crippen molar-refractivity contribution in [1.82, 2.24) is 14.5 Å². The average molecular weight is 292 g/mol. The molecule has 3 aromatic rings. The smallest absolute Gasteiger partial charge is 0.271 e. The van der Waals surface area contributed by atoms with Crippen molar-refractivity contribution in [2.24, 2.45) is 5.73 Å². The van der Waals surface area contributed by atoms with Gasteiger partial charge in [0.1, 0.15) is 11.4 Å². The van der Waals surface area contributed by atoms with E-state index in [4.69, 9.17) is 5.73 Å². The molecule has 1 aromatic carbocycles. The van der Waals surface area contributed by atoms with Crippen molar-refractivity contribution in [2.75, 3.05) is 0 Å². The van der Waals surface area contributed by atoms with E-state index in [1.54, 1.807) is 48.8 Å². The van der Waals surface area contributed by atoms with Crippen LogP contribution in [0.4, 0.5) is 0 Å². The minimum Gasteiger partial charge on any atom is -0.365 e. The molecule has 0 atom stereocenters. The minimum atomic E-state index is -0.806. The van der Waals surface area contributed by atoms with Gasteiger partial charge in [-0.25, -0.2) is 4.98 Å². The maximum absolute atomic E-state index is 12.6. The fourth-order valence-corrected chi connectivity index (χ4v) is 2.14. The van der Waals surface area contributed by atoms with E-state index in [-0.39, 0.29) is 5.56 Å². The second-order valence-corrected chi connectivity index (χ2v) is 4.58. The molecule has 2 heterocycles. The summed E-state index contributed by atoms with van der Waals surface area (Å²) in [5.41, 5.74) is 5.85. The summed E-state index contributed by atoms with van der Waals surface area (Å²) in [4.78, 5) is 32.3. The first-order valence-corrected chi connectivity index (χ1v) is 6.56. The van der Waals surface area contributed by atoms with Gasteiger partial charge < -0.3 is 5.73 Å². The van der Waals surface area contributed by atoms with Crippen LogP contribution in [0.25, 0.3) is 17.1 Å². The number of nitrogens with zero attached hydrogens (tertiary/aromatic N) is 3. The molecule has 0 aliphatic heterocycles. The first-order valence-electron chi connectivity index (χ1n) is 6.56. The van der Waals surface area contributed by atoms with Crippen LogP contribution in [0.3, 0.4) is 0 Å². The Morgan fingerprint density at radius 1 is 1.05 bits per heavy atom. The van der Waals surface area contributed by atoms with Crippen molar-refractivity contribution in [3.8, 4) is 17.1 Å². The largest absolute Gasteiger partial charge is 0.365 e. The molecular weight excluding hydrogens is 280 g/mol. The zero-order valence-electron chi connectivity index (χ0n) is 11.5. The molecule has 0 radical (unpaired) electrons. The SMILES string of the molecule is NC(=O)c1cnc(-c2cccnc2)n(-c2ccccc2)c1=O. The number of rotatable bonds is 3. The third-order valence-electron chi connectivity index (χ3n) is 3.16. The van der Waals surface area contributed by atoms with Crippen LogP contribution in [0.15, 0.2) is 65.8 Å². The van der Waals surface area contributed by atoms with Crippen molar-refractivity contribution >= 4 is 5.91 Å². The Morgan fingerprint density at radius 2 is 1.82 bits per heavy atom. The van der Waals surface area contributed by atoms with E-state index in [1.807, 2.05) is 6.07 Å². The predicted molar refractivity (Wildman–Crippen MR) is 81.6 cm³/mol. The number of para-hydroxylation sites is 1. The van der Waals surface area contributed by atoms with E-state index in [2.05, 4.69) is 9.97 Å². The Kier molecular flexibility index (Phi) is 3.49. The molecule has 0 fully saturated rings. The van der Waals surface area contributed by atoms with E-state index in [9.17, 15) is 9.59 Å². The Balaban J connectivity index is 2.35. The van der Waals surface area contributed by atoms with Crippen molar-refractivity contribution in [3.05, 3.63) is 77.0 Å². The highest BCUT2D eigenvalue weighted by Crippen LogP contribution is 2.18. The summed E-state index contributed by atoms with van der Waals surface area (Å²) in [7, 11) is 0. The van der Waals surface area contributed by atoms with Gasteiger partial charge in [-0.1, -0.05) is 18.2 Å². The fourth-order valence-electron chi connectivity index (χ4n) is 2.14. The topological polar surface area (TPSA) is 90.9 Å². The highest BCUT2D eigenvalue weighted by atomic mass is 16.2. The van der Waals surface area contributed by atoms with Gasteiger partial charge >= 0.3 is 0 Å². The molecule has 22 heavy (non-hydrogen) atoms. The fraction of sp³-hybridized carbons (Fsp3) is 0. The summed E-state index contributed by atoms with van der Waals surface area (Å²) in [6.07, 6.45) is 4.43. The molecular formula is C16H12N4O2. The summed E-state index contributed by atoms with van der Waals surface area (Å²) < 4.78 is 1.36. The molecule has 0 bridgehead atoms. The Labute approximate surface area is 125 Å². The molecule has 6 heteroatoms. The van der Waals surface area contributed by atoms with Gasteiger partial charge in [-0.15, -0.1) is 0 Å². The van der Waals surface area contributed by atoms with Crippen LogP contribution >= 0.6 is 0 Å². The molecule has 1 amide bonds. The second-order valence-electron chi connectivity index (χ2n) is 4.58. The molecule has 0 aliphatic rings. The second kappa shape index (κ2) is 5.61. The van der Waals surface area contributed by atoms with Gasteiger partial charge in [0.15, 0.2) is 0 Å². The number of hydrogen-bond acceptors (Lipinski definition) is 4. The van der Waals surface area contributed by atoms with Gasteiger partial charge in [0.2, 0.25) is 0 Å². The summed E-state index contributed by atoms with van der Waals surface area (Å²) in [5, 5.41) is 0. The molecule has 0 saturated heterocycles. The summed E-state index contributed by atoms with van der Waals surface area (Å²) in [6.45, 7) is 0. The lowest BCUT2D eigenvalue weighted by Gasteiger charge is -2.12. The van der Waals surface area contributed by atoms with Crippen LogP contribution in [0.2, 0.25) is 0 Å². The highest BCUT2D eigenvalue weighted by Gasteiger charge is 2.16. The Bertz CT molecular complexity index is 874. The van der Waals surface area contributed by atoms with Crippen LogP contribution in [0.5, 0.6) is 0 Å². The third kappa shape index (κ3) is 2.37. The van der Waals surface area contributed by atoms with Crippen molar-refractivity contribution < 1.29 is 4.79 Å². The Hall–Kier alpha value is -3.28. The van der Waals surface area contributed by atoms with E-state index in [1.165, 1.54) is 10.8 Å². The lowest BCUT2D eigenvalue weighted by atomic mass is 10.2. The number of primary amides is 1. The number of aromatic nitrogens is 3. The molecule has 0 spiro atoms. The van der Waals surface area contributed by atoms with Gasteiger partial charge in [-0.3, -0.25) is 19.1 Å². The quantitative estimate of drug-likeness (QED) is 0.789. The van der Waals surface area contributed by atoms with Gasteiger partial charge in [0, 0.05) is 24.2 Å². The molecule has 108 valence electrons.